The van der Waals surface area contributed by atoms with Gasteiger partial charge in [0, 0.05) is 38.3 Å². The van der Waals surface area contributed by atoms with E-state index < -0.39 is 35.2 Å². The van der Waals surface area contributed by atoms with Crippen LogP contribution in [0.4, 0.5) is 30.2 Å². The Kier molecular flexibility index (Phi) is 20.1. The number of carbonyl (C=O) groups excluding carboxylic acids is 3. The molecule has 4 aliphatic heterocycles. The largest absolute Gasteiger partial charge is 0.490 e. The molecule has 0 saturated carbocycles. The normalized spacial score (nSPS) is 18.3. The van der Waals surface area contributed by atoms with Crippen LogP contribution >= 0.6 is 11.6 Å². The molecule has 20 heteroatoms. The summed E-state index contributed by atoms with van der Waals surface area (Å²) in [6.07, 6.45) is 8.05. The van der Waals surface area contributed by atoms with E-state index in [1.165, 1.54) is 23.7 Å². The van der Waals surface area contributed by atoms with Crippen molar-refractivity contribution in [2.24, 2.45) is 17.2 Å². The standard InChI is InChI=1S/C13H18FN3O.C13H16FN3O.C12H22BNO2.C7H6ClFN2O.CH4O/c2*1-17-4-2-8(3-5-17)9-6-10(13(16)18)12(15)11(14)7-9;1-11(2)12(3,4)16-13(15-11)10-6-8-14(5)9-7-10;8-3-1-4(7(11)12)6(10)5(9)2-3;1-2/h6-8H,2-5,15H2,1H3,(H2,16,18);2,6-7H,3-5,15H2,1H3,(H2,16,18);6H,7-9H2,1-5H3;1-2H,10H2,(H2,11,12);2H,1H3. The first-order chi connectivity index (χ1) is 30.8. The summed E-state index contributed by atoms with van der Waals surface area (Å²) in [5.74, 6) is -3.80. The van der Waals surface area contributed by atoms with Gasteiger partial charge in [-0.1, -0.05) is 23.8 Å². The second-order valence-corrected chi connectivity index (χ2v) is 18.0. The predicted molar refractivity (Wildman–Crippen MR) is 257 cm³/mol. The SMILES string of the molecule is CN1CC=C(B2OC(C)(C)C(C)(C)O2)CC1.CN1CC=C(c2cc(F)c(N)c(C(N)=O)c2)CC1.CN1CCC(c2cc(F)c(N)c(C(N)=O)c2)CC1.CO.NC(=O)c1cc(Cl)cc(F)c1N. The van der Waals surface area contributed by atoms with E-state index in [9.17, 15) is 27.6 Å². The number of anilines is 3. The molecule has 0 radical (unpaired) electrons. The van der Waals surface area contributed by atoms with Crippen molar-refractivity contribution in [3.05, 3.63) is 104 Å². The van der Waals surface area contributed by atoms with E-state index in [1.807, 2.05) is 13.1 Å². The maximum Gasteiger partial charge on any atom is 0.490 e. The Morgan fingerprint density at radius 1 is 0.652 bits per heavy atom. The Morgan fingerprint density at radius 2 is 1.09 bits per heavy atom. The van der Waals surface area contributed by atoms with Crippen LogP contribution in [-0.2, 0) is 9.31 Å². The van der Waals surface area contributed by atoms with Crippen molar-refractivity contribution in [1.29, 1.82) is 0 Å². The Hall–Kier alpha value is -5.15. The van der Waals surface area contributed by atoms with Crippen LogP contribution in [-0.4, -0.2) is 123 Å². The second kappa shape index (κ2) is 24.0. The van der Waals surface area contributed by atoms with E-state index in [0.29, 0.717) is 5.56 Å². The quantitative estimate of drug-likeness (QED) is 0.125. The minimum atomic E-state index is -0.797. The molecule has 3 amide bonds. The zero-order valence-corrected chi connectivity index (χ0v) is 39.9. The van der Waals surface area contributed by atoms with Crippen molar-refractivity contribution in [1.82, 2.24) is 14.7 Å². The van der Waals surface area contributed by atoms with Gasteiger partial charge >= 0.3 is 7.12 Å². The van der Waals surface area contributed by atoms with Gasteiger partial charge in [0.05, 0.1) is 45.0 Å². The Morgan fingerprint density at radius 3 is 1.55 bits per heavy atom. The number of piperidine rings is 1. The highest BCUT2D eigenvalue weighted by Crippen LogP contribution is 2.39. The lowest BCUT2D eigenvalue weighted by Crippen LogP contribution is -2.41. The van der Waals surface area contributed by atoms with Gasteiger partial charge in [0.15, 0.2) is 0 Å². The van der Waals surface area contributed by atoms with Gasteiger partial charge in [-0.3, -0.25) is 14.4 Å². The number of primary amides is 3. The van der Waals surface area contributed by atoms with Crippen LogP contribution in [0.25, 0.3) is 5.57 Å². The lowest BCUT2D eigenvalue weighted by atomic mass is 9.75. The summed E-state index contributed by atoms with van der Waals surface area (Å²) < 4.78 is 52.2. The zero-order valence-electron chi connectivity index (χ0n) is 39.2. The molecule has 0 bridgehead atoms. The molecule has 3 aromatic carbocycles. The third kappa shape index (κ3) is 14.7. The molecule has 2 saturated heterocycles. The van der Waals surface area contributed by atoms with Crippen molar-refractivity contribution in [3.63, 3.8) is 0 Å². The van der Waals surface area contributed by atoms with E-state index in [4.69, 9.17) is 60.4 Å². The number of nitrogens with two attached hydrogens (primary N) is 6. The molecule has 0 atom stereocenters. The first kappa shape index (κ1) is 55.2. The van der Waals surface area contributed by atoms with Crippen LogP contribution in [0.5, 0.6) is 0 Å². The fraction of sp³-hybridized carbons (Fsp3) is 0.457. The van der Waals surface area contributed by atoms with Crippen molar-refractivity contribution in [2.45, 2.75) is 70.5 Å². The average Bonchev–Trinajstić information content (AvgIpc) is 3.48. The molecule has 0 aromatic heterocycles. The summed E-state index contributed by atoms with van der Waals surface area (Å²) in [4.78, 5) is 39.8. The molecule has 362 valence electrons. The number of carbonyl (C=O) groups is 3. The number of hydrogen-bond donors (Lipinski definition) is 7. The van der Waals surface area contributed by atoms with Crippen molar-refractivity contribution in [2.75, 3.05) is 84.7 Å². The van der Waals surface area contributed by atoms with Crippen LogP contribution in [0, 0.1) is 17.5 Å². The number of nitrogen functional groups attached to an aromatic ring is 3. The van der Waals surface area contributed by atoms with E-state index in [0.717, 1.165) is 89.3 Å². The van der Waals surface area contributed by atoms with Gasteiger partial charge in [-0.25, -0.2) is 13.2 Å². The molecule has 4 heterocycles. The summed E-state index contributed by atoms with van der Waals surface area (Å²) in [5, 5.41) is 7.09. The molecular weight excluding hydrogens is 878 g/mol. The van der Waals surface area contributed by atoms with Gasteiger partial charge in [0.1, 0.15) is 17.5 Å². The molecule has 0 unspecified atom stereocenters. The van der Waals surface area contributed by atoms with Gasteiger partial charge in [-0.2, -0.15) is 0 Å². The van der Waals surface area contributed by atoms with Crippen LogP contribution in [0.2, 0.25) is 5.02 Å². The molecule has 0 spiro atoms. The van der Waals surface area contributed by atoms with E-state index >= 15 is 0 Å². The second-order valence-electron chi connectivity index (χ2n) is 17.5. The monoisotopic (exact) mass is 943 g/mol. The summed E-state index contributed by atoms with van der Waals surface area (Å²) >= 11 is 5.46. The van der Waals surface area contributed by atoms with Crippen LogP contribution in [0.15, 0.2) is 54.0 Å². The molecule has 3 aromatic rings. The minimum Gasteiger partial charge on any atom is -0.400 e. The number of benzene rings is 3. The van der Waals surface area contributed by atoms with Gasteiger partial charge in [-0.05, 0) is 152 Å². The summed E-state index contributed by atoms with van der Waals surface area (Å²) in [6, 6.07) is 8.23. The zero-order chi connectivity index (χ0) is 49.8. The van der Waals surface area contributed by atoms with Crippen molar-refractivity contribution in [3.8, 4) is 0 Å². The summed E-state index contributed by atoms with van der Waals surface area (Å²) in [7, 11) is 7.08. The maximum absolute atomic E-state index is 13.7. The lowest BCUT2D eigenvalue weighted by molar-refractivity contribution is 0.00578. The number of hydrogen-bond acceptors (Lipinski definition) is 12. The van der Waals surface area contributed by atoms with Crippen LogP contribution in [0.1, 0.15) is 101 Å². The lowest BCUT2D eigenvalue weighted by Gasteiger charge is -2.32. The highest BCUT2D eigenvalue weighted by molar-refractivity contribution is 6.54. The van der Waals surface area contributed by atoms with Crippen molar-refractivity contribution < 1.29 is 42.0 Å². The van der Waals surface area contributed by atoms with Crippen molar-refractivity contribution >= 4 is 59.1 Å². The van der Waals surface area contributed by atoms with Gasteiger partial charge in [0.25, 0.3) is 17.7 Å². The fourth-order valence-corrected chi connectivity index (χ4v) is 7.45. The number of halogens is 4. The molecule has 4 aliphatic rings. The van der Waals surface area contributed by atoms with Gasteiger partial charge in [-0.15, -0.1) is 0 Å². The fourth-order valence-electron chi connectivity index (χ4n) is 7.24. The highest BCUT2D eigenvalue weighted by atomic mass is 35.5. The van der Waals surface area contributed by atoms with E-state index in [-0.39, 0.29) is 63.0 Å². The molecule has 66 heavy (non-hydrogen) atoms. The first-order valence-corrected chi connectivity index (χ1v) is 21.8. The number of likely N-dealkylation sites (tertiary alicyclic amines) is 1. The topological polar surface area (TPSA) is 256 Å². The molecular formula is C46H66BClF3N9O6. The number of aliphatic hydroxyl groups excluding tert-OH is 1. The Bertz CT molecular complexity index is 2260. The third-order valence-electron chi connectivity index (χ3n) is 12.1. The van der Waals surface area contributed by atoms with E-state index in [2.05, 4.69) is 62.6 Å². The molecule has 13 N–H and O–H groups in total. The van der Waals surface area contributed by atoms with E-state index in [1.54, 1.807) is 12.1 Å². The summed E-state index contributed by atoms with van der Waals surface area (Å²) in [6.45, 7) is 14.2. The first-order valence-electron chi connectivity index (χ1n) is 21.4. The summed E-state index contributed by atoms with van der Waals surface area (Å²) in [5.41, 5.74) is 34.4. The van der Waals surface area contributed by atoms with Crippen LogP contribution < -0.4 is 34.4 Å². The molecule has 15 nitrogen and oxygen atoms in total. The maximum atomic E-state index is 13.7. The predicted octanol–water partition coefficient (Wildman–Crippen LogP) is 5.19. The highest BCUT2D eigenvalue weighted by Gasteiger charge is 2.52. The number of likely N-dealkylation sites (N-methyl/N-ethyl adjacent to an activating group) is 2. The van der Waals surface area contributed by atoms with Gasteiger partial charge in [0.2, 0.25) is 0 Å². The number of aliphatic hydroxyl groups is 1. The number of amides is 3. The Balaban J connectivity index is 0.000000233. The smallest absolute Gasteiger partial charge is 0.400 e. The Labute approximate surface area is 391 Å². The van der Waals surface area contributed by atoms with Gasteiger partial charge < -0.3 is 63.5 Å². The minimum absolute atomic E-state index is 0.0461. The number of nitrogens with zero attached hydrogens (tertiary/aromatic N) is 3. The average molecular weight is 944 g/mol. The van der Waals surface area contributed by atoms with Crippen LogP contribution in [0.3, 0.4) is 0 Å². The third-order valence-corrected chi connectivity index (χ3v) is 12.4. The molecule has 7 rings (SSSR count). The molecule has 0 aliphatic carbocycles. The molecule has 2 fully saturated rings. The number of rotatable bonds is 6.